The zero-order valence-corrected chi connectivity index (χ0v) is 19.4. The first kappa shape index (κ1) is 22.5. The number of aromatic amines is 1. The Kier molecular flexibility index (Phi) is 6.39. The normalized spacial score (nSPS) is 19.8. The summed E-state index contributed by atoms with van der Waals surface area (Å²) in [7, 11) is -3.80. The molecule has 8 nitrogen and oxygen atoms in total. The SMILES string of the molecule is Cc1ccc(C)c(NC(=O)[C@H]2CCCN(S(=O)(=O)c3c[nH]c(C(=O)N4CCCC4)c3)C2)c1. The first-order valence-electron chi connectivity index (χ1n) is 11.1. The molecule has 9 heteroatoms. The van der Waals surface area contributed by atoms with Gasteiger partial charge in [0.1, 0.15) is 10.6 Å². The van der Waals surface area contributed by atoms with Crippen LogP contribution in [0.1, 0.15) is 47.3 Å². The molecule has 1 aromatic heterocycles. The van der Waals surface area contributed by atoms with Crippen molar-refractivity contribution in [3.05, 3.63) is 47.3 Å². The molecule has 2 fully saturated rings. The second-order valence-electron chi connectivity index (χ2n) is 8.76. The highest BCUT2D eigenvalue weighted by Crippen LogP contribution is 2.26. The Morgan fingerprint density at radius 2 is 1.81 bits per heavy atom. The zero-order chi connectivity index (χ0) is 22.9. The van der Waals surface area contributed by atoms with Crippen LogP contribution in [0.3, 0.4) is 0 Å². The van der Waals surface area contributed by atoms with Gasteiger partial charge in [-0.2, -0.15) is 4.31 Å². The van der Waals surface area contributed by atoms with Gasteiger partial charge in [-0.25, -0.2) is 8.42 Å². The van der Waals surface area contributed by atoms with Crippen molar-refractivity contribution in [3.63, 3.8) is 0 Å². The lowest BCUT2D eigenvalue weighted by atomic mass is 9.98. The number of H-pyrrole nitrogens is 1. The molecular formula is C23H30N4O4S. The fraction of sp³-hybridized carbons (Fsp3) is 0.478. The number of carbonyl (C=O) groups is 2. The summed E-state index contributed by atoms with van der Waals surface area (Å²) in [6.45, 7) is 5.77. The van der Waals surface area contributed by atoms with Crippen LogP contribution in [0.5, 0.6) is 0 Å². The number of rotatable bonds is 5. The molecule has 0 radical (unpaired) electrons. The summed E-state index contributed by atoms with van der Waals surface area (Å²) in [5.41, 5.74) is 3.05. The lowest BCUT2D eigenvalue weighted by molar-refractivity contribution is -0.120. The van der Waals surface area contributed by atoms with Crippen molar-refractivity contribution in [1.82, 2.24) is 14.2 Å². The minimum Gasteiger partial charge on any atom is -0.356 e. The molecule has 172 valence electrons. The van der Waals surface area contributed by atoms with Gasteiger partial charge < -0.3 is 15.2 Å². The van der Waals surface area contributed by atoms with Gasteiger partial charge in [0.15, 0.2) is 0 Å². The third-order valence-corrected chi connectivity index (χ3v) is 8.17. The van der Waals surface area contributed by atoms with Crippen LogP contribution >= 0.6 is 0 Å². The number of amides is 2. The van der Waals surface area contributed by atoms with E-state index in [1.54, 1.807) is 4.90 Å². The Morgan fingerprint density at radius 3 is 2.56 bits per heavy atom. The molecule has 2 aliphatic heterocycles. The van der Waals surface area contributed by atoms with Crippen LogP contribution in [0.2, 0.25) is 0 Å². The van der Waals surface area contributed by atoms with Crippen LogP contribution in [-0.4, -0.2) is 60.6 Å². The molecular weight excluding hydrogens is 428 g/mol. The summed E-state index contributed by atoms with van der Waals surface area (Å²) in [6.07, 6.45) is 4.55. The number of aromatic nitrogens is 1. The number of sulfonamides is 1. The van der Waals surface area contributed by atoms with E-state index in [2.05, 4.69) is 10.3 Å². The van der Waals surface area contributed by atoms with E-state index in [4.69, 9.17) is 0 Å². The number of aryl methyl sites for hydroxylation is 2. The first-order valence-corrected chi connectivity index (χ1v) is 12.6. The van der Waals surface area contributed by atoms with E-state index in [1.807, 2.05) is 32.0 Å². The van der Waals surface area contributed by atoms with E-state index in [0.29, 0.717) is 32.5 Å². The van der Waals surface area contributed by atoms with Gasteiger partial charge >= 0.3 is 0 Å². The molecule has 1 atom stereocenters. The second kappa shape index (κ2) is 9.07. The van der Waals surface area contributed by atoms with E-state index >= 15 is 0 Å². The Labute approximate surface area is 189 Å². The smallest absolute Gasteiger partial charge is 0.270 e. The minimum atomic E-state index is -3.80. The molecule has 0 aliphatic carbocycles. The van der Waals surface area contributed by atoms with Crippen LogP contribution in [0.25, 0.3) is 0 Å². The molecule has 0 saturated carbocycles. The molecule has 2 aliphatic rings. The lowest BCUT2D eigenvalue weighted by Crippen LogP contribution is -2.43. The van der Waals surface area contributed by atoms with Crippen LogP contribution in [0.4, 0.5) is 5.69 Å². The third-order valence-electron chi connectivity index (χ3n) is 6.32. The van der Waals surface area contributed by atoms with Crippen LogP contribution in [0.15, 0.2) is 35.4 Å². The average molecular weight is 459 g/mol. The van der Waals surface area contributed by atoms with Crippen LogP contribution in [0, 0.1) is 19.8 Å². The zero-order valence-electron chi connectivity index (χ0n) is 18.6. The van der Waals surface area contributed by atoms with Crippen LogP contribution in [-0.2, 0) is 14.8 Å². The number of hydrogen-bond donors (Lipinski definition) is 2. The molecule has 0 spiro atoms. The number of piperidine rings is 1. The lowest BCUT2D eigenvalue weighted by Gasteiger charge is -2.31. The molecule has 0 unspecified atom stereocenters. The van der Waals surface area contributed by atoms with Crippen molar-refractivity contribution < 1.29 is 18.0 Å². The minimum absolute atomic E-state index is 0.0654. The number of carbonyl (C=O) groups excluding carboxylic acids is 2. The third kappa shape index (κ3) is 4.59. The van der Waals surface area contributed by atoms with Crippen molar-refractivity contribution in [1.29, 1.82) is 0 Å². The quantitative estimate of drug-likeness (QED) is 0.719. The second-order valence-corrected chi connectivity index (χ2v) is 10.7. The number of hydrogen-bond acceptors (Lipinski definition) is 4. The van der Waals surface area contributed by atoms with Crippen molar-refractivity contribution in [2.45, 2.75) is 44.4 Å². The van der Waals surface area contributed by atoms with Gasteiger partial charge in [0.05, 0.1) is 5.92 Å². The number of anilines is 1. The predicted octanol–water partition coefficient (Wildman–Crippen LogP) is 2.91. The topological polar surface area (TPSA) is 103 Å². The van der Waals surface area contributed by atoms with Gasteiger partial charge in [-0.15, -0.1) is 0 Å². The summed E-state index contributed by atoms with van der Waals surface area (Å²) >= 11 is 0. The number of likely N-dealkylation sites (tertiary alicyclic amines) is 1. The largest absolute Gasteiger partial charge is 0.356 e. The monoisotopic (exact) mass is 458 g/mol. The maximum atomic E-state index is 13.2. The van der Waals surface area contributed by atoms with E-state index in [-0.39, 0.29) is 28.9 Å². The van der Waals surface area contributed by atoms with E-state index < -0.39 is 15.9 Å². The van der Waals surface area contributed by atoms with E-state index in [1.165, 1.54) is 16.6 Å². The summed E-state index contributed by atoms with van der Waals surface area (Å²) in [4.78, 5) is 30.1. The Balaban J connectivity index is 1.46. The maximum Gasteiger partial charge on any atom is 0.270 e. The average Bonchev–Trinajstić information content (AvgIpc) is 3.49. The molecule has 0 bridgehead atoms. The standard InChI is InChI=1S/C23H30N4O4S/c1-16-7-8-17(2)20(12-16)25-22(28)18-6-5-11-27(15-18)32(30,31)19-13-21(24-14-19)23(29)26-9-3-4-10-26/h7-8,12-14,18,24H,3-6,9-11,15H2,1-2H3,(H,25,28)/t18-/m0/s1. The van der Waals surface area contributed by atoms with Crippen molar-refractivity contribution in [3.8, 4) is 0 Å². The van der Waals surface area contributed by atoms with Gasteiger partial charge in [-0.1, -0.05) is 12.1 Å². The molecule has 32 heavy (non-hydrogen) atoms. The summed E-state index contributed by atoms with van der Waals surface area (Å²) in [5.74, 6) is -0.769. The molecule has 3 heterocycles. The van der Waals surface area contributed by atoms with Crippen molar-refractivity contribution in [2.75, 3.05) is 31.5 Å². The van der Waals surface area contributed by atoms with Gasteiger partial charge in [0, 0.05) is 38.1 Å². The summed E-state index contributed by atoms with van der Waals surface area (Å²) in [6, 6.07) is 7.27. The Bertz CT molecular complexity index is 1120. The van der Waals surface area contributed by atoms with Crippen molar-refractivity contribution >= 4 is 27.5 Å². The highest BCUT2D eigenvalue weighted by Gasteiger charge is 2.34. The highest BCUT2D eigenvalue weighted by molar-refractivity contribution is 7.89. The van der Waals surface area contributed by atoms with E-state index in [0.717, 1.165) is 29.7 Å². The van der Waals surface area contributed by atoms with Gasteiger partial charge in [-0.05, 0) is 62.8 Å². The fourth-order valence-electron chi connectivity index (χ4n) is 4.37. The fourth-order valence-corrected chi connectivity index (χ4v) is 5.88. The van der Waals surface area contributed by atoms with Gasteiger partial charge in [0.25, 0.3) is 5.91 Å². The molecule has 2 aromatic rings. The van der Waals surface area contributed by atoms with Gasteiger partial charge in [0.2, 0.25) is 15.9 Å². The predicted molar refractivity (Wildman–Crippen MR) is 122 cm³/mol. The maximum absolute atomic E-state index is 13.2. The molecule has 2 saturated heterocycles. The first-order chi connectivity index (χ1) is 15.3. The number of nitrogens with zero attached hydrogens (tertiary/aromatic N) is 2. The van der Waals surface area contributed by atoms with Crippen molar-refractivity contribution in [2.24, 2.45) is 5.92 Å². The molecule has 2 amide bonds. The molecule has 4 rings (SSSR count). The van der Waals surface area contributed by atoms with E-state index in [9.17, 15) is 18.0 Å². The molecule has 1 aromatic carbocycles. The van der Waals surface area contributed by atoms with Gasteiger partial charge in [-0.3, -0.25) is 9.59 Å². The Morgan fingerprint density at radius 1 is 1.06 bits per heavy atom. The number of nitrogens with one attached hydrogen (secondary N) is 2. The number of benzene rings is 1. The molecule has 2 N–H and O–H groups in total. The highest BCUT2D eigenvalue weighted by atomic mass is 32.2. The summed E-state index contributed by atoms with van der Waals surface area (Å²) in [5, 5.41) is 2.97. The van der Waals surface area contributed by atoms with Crippen LogP contribution < -0.4 is 5.32 Å². The summed E-state index contributed by atoms with van der Waals surface area (Å²) < 4.78 is 27.8. The Hall–Kier alpha value is -2.65.